The van der Waals surface area contributed by atoms with Crippen molar-refractivity contribution in [3.05, 3.63) is 12.2 Å². The summed E-state index contributed by atoms with van der Waals surface area (Å²) >= 11 is 5.57. The Morgan fingerprint density at radius 1 is 1.47 bits per heavy atom. The topological polar surface area (TPSA) is 40.5 Å². The maximum atomic E-state index is 10.7. The lowest BCUT2D eigenvalue weighted by molar-refractivity contribution is 0.122. The number of carboxylic acid groups (broad SMARTS) is 1. The largest absolute Gasteiger partial charge is 0.465 e. The van der Waals surface area contributed by atoms with Gasteiger partial charge in [0.05, 0.1) is 0 Å². The quantitative estimate of drug-likeness (QED) is 0.599. The van der Waals surface area contributed by atoms with Gasteiger partial charge < -0.3 is 10.0 Å². The Morgan fingerprint density at radius 2 is 2.07 bits per heavy atom. The van der Waals surface area contributed by atoms with Gasteiger partial charge in [0.25, 0.3) is 0 Å². The summed E-state index contributed by atoms with van der Waals surface area (Å²) in [6, 6.07) is 0.197. The molecule has 3 nitrogen and oxygen atoms in total. The SMILES string of the molecule is CN(C(=O)O)C1CCC(/C=C/CCl)CC1. The molecule has 0 spiro atoms. The van der Waals surface area contributed by atoms with Crippen molar-refractivity contribution in [1.82, 2.24) is 4.90 Å². The Labute approximate surface area is 95.7 Å². The summed E-state index contributed by atoms with van der Waals surface area (Å²) in [6.45, 7) is 0. The fourth-order valence-corrected chi connectivity index (χ4v) is 2.18. The van der Waals surface area contributed by atoms with Gasteiger partial charge in [0, 0.05) is 19.0 Å². The number of allylic oxidation sites excluding steroid dienone is 2. The van der Waals surface area contributed by atoms with Gasteiger partial charge in [-0.15, -0.1) is 11.6 Å². The molecule has 1 aliphatic carbocycles. The first-order valence-corrected chi connectivity index (χ1v) is 5.87. The third kappa shape index (κ3) is 3.74. The average Bonchev–Trinajstić information content (AvgIpc) is 2.26. The van der Waals surface area contributed by atoms with E-state index >= 15 is 0 Å². The maximum absolute atomic E-state index is 10.7. The van der Waals surface area contributed by atoms with E-state index in [1.807, 2.05) is 6.08 Å². The lowest BCUT2D eigenvalue weighted by atomic mass is 9.85. The molecular weight excluding hydrogens is 214 g/mol. The third-order valence-electron chi connectivity index (χ3n) is 3.09. The van der Waals surface area contributed by atoms with Crippen LogP contribution in [0.4, 0.5) is 4.79 Å². The Bertz CT molecular complexity index is 235. The number of carbonyl (C=O) groups is 1. The zero-order valence-electron chi connectivity index (χ0n) is 9.03. The lowest BCUT2D eigenvalue weighted by Gasteiger charge is -2.32. The molecule has 0 aromatic heterocycles. The van der Waals surface area contributed by atoms with Gasteiger partial charge in [0.2, 0.25) is 0 Å². The van der Waals surface area contributed by atoms with Crippen molar-refractivity contribution in [1.29, 1.82) is 0 Å². The first-order valence-electron chi connectivity index (χ1n) is 5.33. The predicted molar refractivity (Wildman–Crippen MR) is 61.4 cm³/mol. The fourth-order valence-electron chi connectivity index (χ4n) is 2.08. The molecule has 0 saturated heterocycles. The number of halogens is 1. The minimum Gasteiger partial charge on any atom is -0.465 e. The van der Waals surface area contributed by atoms with Crippen LogP contribution in [0.15, 0.2) is 12.2 Å². The number of hydrogen-bond acceptors (Lipinski definition) is 1. The highest BCUT2D eigenvalue weighted by molar-refractivity contribution is 6.18. The molecule has 0 aromatic rings. The molecule has 0 unspecified atom stereocenters. The molecule has 1 N–H and O–H groups in total. The van der Waals surface area contributed by atoms with Crippen molar-refractivity contribution in [2.45, 2.75) is 31.7 Å². The third-order valence-corrected chi connectivity index (χ3v) is 3.27. The Kier molecular flexibility index (Phi) is 4.95. The molecule has 0 aromatic carbocycles. The van der Waals surface area contributed by atoms with Gasteiger partial charge in [0.15, 0.2) is 0 Å². The molecule has 86 valence electrons. The van der Waals surface area contributed by atoms with Crippen LogP contribution in [0.2, 0.25) is 0 Å². The highest BCUT2D eigenvalue weighted by atomic mass is 35.5. The molecule has 4 heteroatoms. The van der Waals surface area contributed by atoms with E-state index < -0.39 is 6.09 Å². The highest BCUT2D eigenvalue weighted by Gasteiger charge is 2.24. The number of nitrogens with zero attached hydrogens (tertiary/aromatic N) is 1. The number of hydrogen-bond donors (Lipinski definition) is 1. The van der Waals surface area contributed by atoms with Gasteiger partial charge in [-0.1, -0.05) is 12.2 Å². The van der Waals surface area contributed by atoms with Crippen LogP contribution in [0.3, 0.4) is 0 Å². The molecule has 0 aliphatic heterocycles. The Morgan fingerprint density at radius 3 is 2.53 bits per heavy atom. The average molecular weight is 232 g/mol. The Balaban J connectivity index is 2.35. The lowest BCUT2D eigenvalue weighted by Crippen LogP contribution is -2.38. The van der Waals surface area contributed by atoms with E-state index in [0.717, 1.165) is 25.7 Å². The molecule has 0 atom stereocenters. The van der Waals surface area contributed by atoms with Gasteiger partial charge >= 0.3 is 6.09 Å². The molecular formula is C11H18ClNO2. The first-order chi connectivity index (χ1) is 7.15. The molecule has 0 radical (unpaired) electrons. The molecule has 15 heavy (non-hydrogen) atoms. The van der Waals surface area contributed by atoms with Crippen LogP contribution < -0.4 is 0 Å². The summed E-state index contributed by atoms with van der Waals surface area (Å²) in [5, 5.41) is 8.84. The summed E-state index contributed by atoms with van der Waals surface area (Å²) in [7, 11) is 1.65. The van der Waals surface area contributed by atoms with Crippen molar-refractivity contribution >= 4 is 17.7 Å². The molecule has 1 aliphatic rings. The second-order valence-corrected chi connectivity index (χ2v) is 4.35. The molecule has 0 bridgehead atoms. The normalized spacial score (nSPS) is 26.8. The maximum Gasteiger partial charge on any atom is 0.407 e. The monoisotopic (exact) mass is 231 g/mol. The van der Waals surface area contributed by atoms with Crippen molar-refractivity contribution in [2.75, 3.05) is 12.9 Å². The van der Waals surface area contributed by atoms with Crippen LogP contribution in [-0.2, 0) is 0 Å². The zero-order valence-corrected chi connectivity index (χ0v) is 9.78. The van der Waals surface area contributed by atoms with Crippen molar-refractivity contribution in [3.8, 4) is 0 Å². The van der Waals surface area contributed by atoms with Crippen LogP contribution in [0, 0.1) is 5.92 Å². The highest BCUT2D eigenvalue weighted by Crippen LogP contribution is 2.27. The van der Waals surface area contributed by atoms with Crippen LogP contribution in [0.5, 0.6) is 0 Å². The molecule has 1 saturated carbocycles. The van der Waals surface area contributed by atoms with Gasteiger partial charge in [-0.05, 0) is 31.6 Å². The van der Waals surface area contributed by atoms with Gasteiger partial charge in [0.1, 0.15) is 0 Å². The number of rotatable bonds is 3. The van der Waals surface area contributed by atoms with Crippen LogP contribution in [-0.4, -0.2) is 35.1 Å². The van der Waals surface area contributed by atoms with E-state index in [9.17, 15) is 4.79 Å². The summed E-state index contributed by atoms with van der Waals surface area (Å²) in [5.74, 6) is 1.15. The smallest absolute Gasteiger partial charge is 0.407 e. The molecule has 1 fully saturated rings. The molecule has 1 amide bonds. The standard InChI is InChI=1S/C11H18ClNO2/c1-13(11(14)15)10-6-4-9(5-7-10)3-2-8-12/h2-3,9-10H,4-8H2,1H3,(H,14,15)/b3-2+. The summed E-state index contributed by atoms with van der Waals surface area (Å²) in [5.41, 5.74) is 0. The minimum atomic E-state index is -0.824. The van der Waals surface area contributed by atoms with Crippen molar-refractivity contribution < 1.29 is 9.90 Å². The zero-order chi connectivity index (χ0) is 11.3. The first kappa shape index (κ1) is 12.4. The van der Waals surface area contributed by atoms with Gasteiger partial charge in [-0.25, -0.2) is 4.79 Å². The van der Waals surface area contributed by atoms with Crippen LogP contribution in [0.1, 0.15) is 25.7 Å². The van der Waals surface area contributed by atoms with E-state index in [1.54, 1.807) is 7.05 Å². The van der Waals surface area contributed by atoms with E-state index in [2.05, 4.69) is 6.08 Å². The fraction of sp³-hybridized carbons (Fsp3) is 0.727. The van der Waals surface area contributed by atoms with Gasteiger partial charge in [-0.3, -0.25) is 0 Å². The number of amides is 1. The van der Waals surface area contributed by atoms with Crippen molar-refractivity contribution in [3.63, 3.8) is 0 Å². The molecule has 1 rings (SSSR count). The van der Waals surface area contributed by atoms with E-state index in [4.69, 9.17) is 16.7 Å². The van der Waals surface area contributed by atoms with E-state index in [0.29, 0.717) is 11.8 Å². The minimum absolute atomic E-state index is 0.197. The second kappa shape index (κ2) is 6.01. The summed E-state index contributed by atoms with van der Waals surface area (Å²) in [4.78, 5) is 12.2. The van der Waals surface area contributed by atoms with Crippen LogP contribution in [0.25, 0.3) is 0 Å². The second-order valence-electron chi connectivity index (χ2n) is 4.04. The summed E-state index contributed by atoms with van der Waals surface area (Å²) < 4.78 is 0. The van der Waals surface area contributed by atoms with Crippen molar-refractivity contribution in [2.24, 2.45) is 5.92 Å². The van der Waals surface area contributed by atoms with E-state index in [-0.39, 0.29) is 6.04 Å². The Hall–Kier alpha value is -0.700. The number of alkyl halides is 1. The molecule has 0 heterocycles. The van der Waals surface area contributed by atoms with E-state index in [1.165, 1.54) is 4.90 Å². The summed E-state index contributed by atoms with van der Waals surface area (Å²) in [6.07, 6.45) is 7.36. The predicted octanol–water partition coefficient (Wildman–Crippen LogP) is 2.95. The van der Waals surface area contributed by atoms with Crippen LogP contribution >= 0.6 is 11.6 Å². The van der Waals surface area contributed by atoms with Gasteiger partial charge in [-0.2, -0.15) is 0 Å².